The highest BCUT2D eigenvalue weighted by atomic mass is 79.9. The summed E-state index contributed by atoms with van der Waals surface area (Å²) in [6, 6.07) is 10.8. The number of benzene rings is 2. The average Bonchev–Trinajstić information content (AvgIpc) is 2.88. The lowest BCUT2D eigenvalue weighted by molar-refractivity contribution is 0.103. The van der Waals surface area contributed by atoms with Gasteiger partial charge in [0.2, 0.25) is 0 Å². The first-order chi connectivity index (χ1) is 9.15. The lowest BCUT2D eigenvalue weighted by Gasteiger charge is -2.06. The Labute approximate surface area is 124 Å². The van der Waals surface area contributed by atoms with E-state index in [1.54, 1.807) is 24.3 Å². The smallest absolute Gasteiger partial charge is 0.194 e. The summed E-state index contributed by atoms with van der Waals surface area (Å²) in [5.41, 5.74) is 2.32. The standard InChI is InChI=1S/C15H10BrClO2/c16-13-3-2-11(17)8-12(13)15(18)10-1-4-14-9(7-10)5-6-19-14/h1-4,7-8H,5-6H2. The second-order valence-corrected chi connectivity index (χ2v) is 5.67. The number of ketones is 1. The van der Waals surface area contributed by atoms with Gasteiger partial charge in [-0.25, -0.2) is 0 Å². The Balaban J connectivity index is 2.02. The SMILES string of the molecule is O=C(c1ccc2c(c1)CCO2)c1cc(Cl)ccc1Br. The predicted octanol–water partition coefficient (Wildman–Crippen LogP) is 4.27. The van der Waals surface area contributed by atoms with E-state index in [-0.39, 0.29) is 5.78 Å². The first-order valence-corrected chi connectivity index (χ1v) is 7.08. The minimum Gasteiger partial charge on any atom is -0.493 e. The molecule has 0 saturated carbocycles. The maximum atomic E-state index is 12.5. The van der Waals surface area contributed by atoms with Crippen LogP contribution < -0.4 is 4.74 Å². The summed E-state index contributed by atoms with van der Waals surface area (Å²) in [6.45, 7) is 0.688. The normalized spacial score (nSPS) is 12.9. The van der Waals surface area contributed by atoms with Crippen molar-refractivity contribution in [1.82, 2.24) is 0 Å². The maximum Gasteiger partial charge on any atom is 0.194 e. The Morgan fingerprint density at radius 3 is 2.89 bits per heavy atom. The van der Waals surface area contributed by atoms with Crippen LogP contribution in [0.1, 0.15) is 21.5 Å². The fraction of sp³-hybridized carbons (Fsp3) is 0.133. The Kier molecular flexibility index (Phi) is 3.33. The molecule has 0 aliphatic carbocycles. The van der Waals surface area contributed by atoms with E-state index >= 15 is 0 Å². The monoisotopic (exact) mass is 336 g/mol. The molecule has 2 aromatic rings. The summed E-state index contributed by atoms with van der Waals surface area (Å²) in [7, 11) is 0. The Morgan fingerprint density at radius 2 is 2.05 bits per heavy atom. The van der Waals surface area contributed by atoms with Crippen LogP contribution in [0.25, 0.3) is 0 Å². The van der Waals surface area contributed by atoms with Gasteiger partial charge in [-0.2, -0.15) is 0 Å². The van der Waals surface area contributed by atoms with E-state index in [1.165, 1.54) is 0 Å². The van der Waals surface area contributed by atoms with Gasteiger partial charge in [-0.15, -0.1) is 0 Å². The largest absolute Gasteiger partial charge is 0.493 e. The van der Waals surface area contributed by atoms with Crippen molar-refractivity contribution >= 4 is 33.3 Å². The second-order valence-electron chi connectivity index (χ2n) is 4.37. The molecule has 0 bridgehead atoms. The zero-order chi connectivity index (χ0) is 13.4. The van der Waals surface area contributed by atoms with Gasteiger partial charge in [0.05, 0.1) is 6.61 Å². The van der Waals surface area contributed by atoms with Crippen molar-refractivity contribution in [1.29, 1.82) is 0 Å². The van der Waals surface area contributed by atoms with E-state index in [9.17, 15) is 4.79 Å². The van der Waals surface area contributed by atoms with Gasteiger partial charge in [0.1, 0.15) is 5.75 Å². The molecular formula is C15H10BrClO2. The molecule has 0 unspecified atom stereocenters. The number of carbonyl (C=O) groups is 1. The summed E-state index contributed by atoms with van der Waals surface area (Å²) in [5, 5.41) is 0.552. The van der Waals surface area contributed by atoms with Crippen LogP contribution in [0.5, 0.6) is 5.75 Å². The van der Waals surface area contributed by atoms with Crippen LogP contribution in [0.3, 0.4) is 0 Å². The third-order valence-electron chi connectivity index (χ3n) is 3.12. The quantitative estimate of drug-likeness (QED) is 0.765. The molecule has 1 heterocycles. The van der Waals surface area contributed by atoms with Gasteiger partial charge in [-0.05, 0) is 42.0 Å². The number of ether oxygens (including phenoxy) is 1. The van der Waals surface area contributed by atoms with Crippen molar-refractivity contribution < 1.29 is 9.53 Å². The Hall–Kier alpha value is -1.32. The fourth-order valence-electron chi connectivity index (χ4n) is 2.15. The molecule has 19 heavy (non-hydrogen) atoms. The number of carbonyl (C=O) groups excluding carboxylic acids is 1. The van der Waals surface area contributed by atoms with E-state index in [1.807, 2.05) is 12.1 Å². The zero-order valence-electron chi connectivity index (χ0n) is 9.95. The van der Waals surface area contributed by atoms with Crippen molar-refractivity contribution in [2.45, 2.75) is 6.42 Å². The van der Waals surface area contributed by atoms with Crippen molar-refractivity contribution in [2.75, 3.05) is 6.61 Å². The topological polar surface area (TPSA) is 26.3 Å². The second kappa shape index (κ2) is 4.99. The van der Waals surface area contributed by atoms with Crippen LogP contribution in [-0.2, 0) is 6.42 Å². The van der Waals surface area contributed by atoms with Gasteiger partial charge in [0, 0.05) is 27.0 Å². The molecule has 1 aliphatic rings. The number of hydrogen-bond acceptors (Lipinski definition) is 2. The molecule has 1 aliphatic heterocycles. The van der Waals surface area contributed by atoms with Crippen molar-refractivity contribution in [3.63, 3.8) is 0 Å². The molecule has 0 atom stereocenters. The van der Waals surface area contributed by atoms with E-state index in [0.717, 1.165) is 22.2 Å². The van der Waals surface area contributed by atoms with Gasteiger partial charge in [-0.1, -0.05) is 27.5 Å². The Bertz CT molecular complexity index is 667. The molecule has 2 aromatic carbocycles. The van der Waals surface area contributed by atoms with Crippen molar-refractivity contribution in [2.24, 2.45) is 0 Å². The third-order valence-corrected chi connectivity index (χ3v) is 4.05. The van der Waals surface area contributed by atoms with Crippen LogP contribution in [0.4, 0.5) is 0 Å². The minimum atomic E-state index is -0.0379. The molecule has 3 rings (SSSR count). The number of fused-ring (bicyclic) bond motifs is 1. The molecule has 0 spiro atoms. The van der Waals surface area contributed by atoms with E-state index in [4.69, 9.17) is 16.3 Å². The van der Waals surface area contributed by atoms with Crippen molar-refractivity contribution in [3.05, 3.63) is 62.6 Å². The molecule has 96 valence electrons. The summed E-state index contributed by atoms with van der Waals surface area (Å²) in [5.74, 6) is 0.839. The molecule has 2 nitrogen and oxygen atoms in total. The molecule has 0 amide bonds. The molecule has 0 radical (unpaired) electrons. The minimum absolute atomic E-state index is 0.0379. The summed E-state index contributed by atoms with van der Waals surface area (Å²) in [4.78, 5) is 12.5. The van der Waals surface area contributed by atoms with Gasteiger partial charge in [0.25, 0.3) is 0 Å². The van der Waals surface area contributed by atoms with E-state index in [2.05, 4.69) is 15.9 Å². The molecule has 0 aromatic heterocycles. The number of hydrogen-bond donors (Lipinski definition) is 0. The van der Waals surface area contributed by atoms with Crippen LogP contribution >= 0.6 is 27.5 Å². The highest BCUT2D eigenvalue weighted by Crippen LogP contribution is 2.29. The number of halogens is 2. The highest BCUT2D eigenvalue weighted by Gasteiger charge is 2.17. The van der Waals surface area contributed by atoms with Crippen molar-refractivity contribution in [3.8, 4) is 5.75 Å². The molecule has 4 heteroatoms. The highest BCUT2D eigenvalue weighted by molar-refractivity contribution is 9.10. The Morgan fingerprint density at radius 1 is 1.21 bits per heavy atom. The fourth-order valence-corrected chi connectivity index (χ4v) is 2.75. The average molecular weight is 338 g/mol. The summed E-state index contributed by atoms with van der Waals surface area (Å²) >= 11 is 9.34. The van der Waals surface area contributed by atoms with Gasteiger partial charge in [-0.3, -0.25) is 4.79 Å². The third kappa shape index (κ3) is 2.40. The first-order valence-electron chi connectivity index (χ1n) is 5.90. The van der Waals surface area contributed by atoms with Crippen LogP contribution in [0, 0.1) is 0 Å². The molecule has 0 fully saturated rings. The lowest BCUT2D eigenvalue weighted by atomic mass is 10.0. The predicted molar refractivity (Wildman–Crippen MR) is 78.2 cm³/mol. The maximum absolute atomic E-state index is 12.5. The summed E-state index contributed by atoms with van der Waals surface area (Å²) in [6.07, 6.45) is 0.854. The van der Waals surface area contributed by atoms with E-state index < -0.39 is 0 Å². The van der Waals surface area contributed by atoms with E-state index in [0.29, 0.717) is 22.8 Å². The first kappa shape index (κ1) is 12.7. The molecule has 0 N–H and O–H groups in total. The molecule has 0 saturated heterocycles. The van der Waals surface area contributed by atoms with Gasteiger partial charge >= 0.3 is 0 Å². The number of rotatable bonds is 2. The lowest BCUT2D eigenvalue weighted by Crippen LogP contribution is -2.02. The summed E-state index contributed by atoms with van der Waals surface area (Å²) < 4.78 is 6.19. The van der Waals surface area contributed by atoms with Gasteiger partial charge in [0.15, 0.2) is 5.78 Å². The van der Waals surface area contributed by atoms with Crippen LogP contribution in [0.2, 0.25) is 5.02 Å². The van der Waals surface area contributed by atoms with Crippen LogP contribution in [0.15, 0.2) is 40.9 Å². The molecular weight excluding hydrogens is 328 g/mol. The zero-order valence-corrected chi connectivity index (χ0v) is 12.3. The van der Waals surface area contributed by atoms with Gasteiger partial charge < -0.3 is 4.74 Å². The van der Waals surface area contributed by atoms with Crippen LogP contribution in [-0.4, -0.2) is 12.4 Å².